The van der Waals surface area contributed by atoms with E-state index in [2.05, 4.69) is 36.3 Å². The molecule has 2 heterocycles. The molecule has 74 valence electrons. The number of thiazole rings is 1. The third kappa shape index (κ3) is 2.42. The van der Waals surface area contributed by atoms with Crippen LogP contribution in [0.4, 0.5) is 0 Å². The topological polar surface area (TPSA) is 12.9 Å². The smallest absolute Gasteiger partial charge is 0.0931 e. The van der Waals surface area contributed by atoms with Crippen LogP contribution in [0.1, 0.15) is 20.5 Å². The van der Waals surface area contributed by atoms with Crippen molar-refractivity contribution in [1.82, 2.24) is 4.98 Å². The van der Waals surface area contributed by atoms with Gasteiger partial charge in [0.1, 0.15) is 0 Å². The van der Waals surface area contributed by atoms with Gasteiger partial charge < -0.3 is 0 Å². The number of rotatable bonds is 3. The Morgan fingerprint density at radius 3 is 2.64 bits per heavy atom. The molecule has 0 saturated heterocycles. The van der Waals surface area contributed by atoms with Crippen LogP contribution in [-0.2, 0) is 12.8 Å². The fraction of sp³-hybridized carbons (Fsp3) is 0.364. The van der Waals surface area contributed by atoms with Gasteiger partial charge in [-0.15, -0.1) is 22.7 Å². The van der Waals surface area contributed by atoms with Gasteiger partial charge in [0, 0.05) is 27.2 Å². The SMILES string of the molecule is Cc1csc(CCc2ccc(C)s2)n1. The first kappa shape index (κ1) is 9.87. The molecule has 0 spiro atoms. The van der Waals surface area contributed by atoms with Crippen LogP contribution in [0.5, 0.6) is 0 Å². The Kier molecular flexibility index (Phi) is 2.99. The summed E-state index contributed by atoms with van der Waals surface area (Å²) in [6.45, 7) is 4.21. The number of aryl methyl sites for hydroxylation is 4. The fourth-order valence-electron chi connectivity index (χ4n) is 1.37. The van der Waals surface area contributed by atoms with Crippen molar-refractivity contribution in [1.29, 1.82) is 0 Å². The van der Waals surface area contributed by atoms with Crippen LogP contribution in [-0.4, -0.2) is 4.98 Å². The highest BCUT2D eigenvalue weighted by molar-refractivity contribution is 7.12. The van der Waals surface area contributed by atoms with Crippen LogP contribution in [0.25, 0.3) is 0 Å². The standard InChI is InChI=1S/C11H13NS2/c1-8-7-13-11(12-8)6-5-10-4-3-9(2)14-10/h3-4,7H,5-6H2,1-2H3. The van der Waals surface area contributed by atoms with Crippen molar-refractivity contribution in [2.24, 2.45) is 0 Å². The van der Waals surface area contributed by atoms with Crippen molar-refractivity contribution in [3.63, 3.8) is 0 Å². The number of aromatic nitrogens is 1. The minimum Gasteiger partial charge on any atom is -0.247 e. The van der Waals surface area contributed by atoms with Gasteiger partial charge in [0.15, 0.2) is 0 Å². The molecular weight excluding hydrogens is 210 g/mol. The molecule has 0 aliphatic rings. The normalized spacial score (nSPS) is 10.7. The molecule has 2 aromatic heterocycles. The summed E-state index contributed by atoms with van der Waals surface area (Å²) in [6.07, 6.45) is 2.21. The minimum atomic E-state index is 1.08. The Bertz CT molecular complexity index is 374. The summed E-state index contributed by atoms with van der Waals surface area (Å²) in [5.41, 5.74) is 1.15. The van der Waals surface area contributed by atoms with Gasteiger partial charge >= 0.3 is 0 Å². The summed E-state index contributed by atoms with van der Waals surface area (Å²) < 4.78 is 0. The van der Waals surface area contributed by atoms with Crippen molar-refractivity contribution < 1.29 is 0 Å². The van der Waals surface area contributed by atoms with Crippen molar-refractivity contribution in [2.75, 3.05) is 0 Å². The minimum absolute atomic E-state index is 1.08. The van der Waals surface area contributed by atoms with Crippen LogP contribution in [0.15, 0.2) is 17.5 Å². The van der Waals surface area contributed by atoms with E-state index in [1.54, 1.807) is 11.3 Å². The van der Waals surface area contributed by atoms with Gasteiger partial charge in [0.25, 0.3) is 0 Å². The second-order valence-corrected chi connectivity index (χ2v) is 5.71. The zero-order valence-corrected chi connectivity index (χ0v) is 10.0. The molecule has 0 bridgehead atoms. The lowest BCUT2D eigenvalue weighted by atomic mass is 10.3. The highest BCUT2D eigenvalue weighted by Gasteiger charge is 2.01. The van der Waals surface area contributed by atoms with E-state index in [-0.39, 0.29) is 0 Å². The van der Waals surface area contributed by atoms with E-state index in [0.29, 0.717) is 0 Å². The lowest BCUT2D eigenvalue weighted by Crippen LogP contribution is -1.87. The molecule has 0 aromatic carbocycles. The van der Waals surface area contributed by atoms with Gasteiger partial charge in [-0.2, -0.15) is 0 Å². The number of hydrogen-bond acceptors (Lipinski definition) is 3. The molecule has 14 heavy (non-hydrogen) atoms. The van der Waals surface area contributed by atoms with E-state index < -0.39 is 0 Å². The van der Waals surface area contributed by atoms with Crippen molar-refractivity contribution in [3.05, 3.63) is 38.0 Å². The Balaban J connectivity index is 1.94. The Labute approximate surface area is 92.4 Å². The lowest BCUT2D eigenvalue weighted by molar-refractivity contribution is 0.953. The third-order valence-corrected chi connectivity index (χ3v) is 4.13. The second-order valence-electron chi connectivity index (χ2n) is 3.39. The fourth-order valence-corrected chi connectivity index (χ4v) is 3.03. The van der Waals surface area contributed by atoms with Crippen molar-refractivity contribution >= 4 is 22.7 Å². The highest BCUT2D eigenvalue weighted by Crippen LogP contribution is 2.18. The van der Waals surface area contributed by atoms with Gasteiger partial charge in [0.2, 0.25) is 0 Å². The molecule has 0 saturated carbocycles. The van der Waals surface area contributed by atoms with Gasteiger partial charge in [0.05, 0.1) is 5.01 Å². The molecule has 0 fully saturated rings. The Morgan fingerprint density at radius 2 is 2.07 bits per heavy atom. The van der Waals surface area contributed by atoms with E-state index in [4.69, 9.17) is 0 Å². The van der Waals surface area contributed by atoms with E-state index in [9.17, 15) is 0 Å². The van der Waals surface area contributed by atoms with Crippen molar-refractivity contribution in [3.8, 4) is 0 Å². The summed E-state index contributed by atoms with van der Waals surface area (Å²) in [6, 6.07) is 4.41. The molecule has 2 aromatic rings. The first-order valence-corrected chi connectivity index (χ1v) is 6.40. The van der Waals surface area contributed by atoms with Crippen LogP contribution >= 0.6 is 22.7 Å². The van der Waals surface area contributed by atoms with E-state index >= 15 is 0 Å². The van der Waals surface area contributed by atoms with Gasteiger partial charge in [-0.1, -0.05) is 0 Å². The zero-order chi connectivity index (χ0) is 9.97. The molecule has 0 radical (unpaired) electrons. The summed E-state index contributed by atoms with van der Waals surface area (Å²) in [5, 5.41) is 3.38. The highest BCUT2D eigenvalue weighted by atomic mass is 32.1. The molecule has 1 nitrogen and oxygen atoms in total. The number of hydrogen-bond donors (Lipinski definition) is 0. The second kappa shape index (κ2) is 4.24. The molecule has 0 aliphatic carbocycles. The summed E-state index contributed by atoms with van der Waals surface area (Å²) in [5.74, 6) is 0. The van der Waals surface area contributed by atoms with Gasteiger partial charge in [-0.3, -0.25) is 0 Å². The summed E-state index contributed by atoms with van der Waals surface area (Å²) >= 11 is 3.66. The van der Waals surface area contributed by atoms with Crippen molar-refractivity contribution in [2.45, 2.75) is 26.7 Å². The zero-order valence-electron chi connectivity index (χ0n) is 8.41. The van der Waals surface area contributed by atoms with E-state index in [1.807, 2.05) is 11.3 Å². The van der Waals surface area contributed by atoms with Gasteiger partial charge in [-0.05, 0) is 32.4 Å². The molecule has 0 unspecified atom stereocenters. The molecule has 3 heteroatoms. The molecule has 0 amide bonds. The van der Waals surface area contributed by atoms with E-state index in [0.717, 1.165) is 18.5 Å². The van der Waals surface area contributed by atoms with Gasteiger partial charge in [-0.25, -0.2) is 4.98 Å². The van der Waals surface area contributed by atoms with Crippen LogP contribution in [0.2, 0.25) is 0 Å². The molecule has 0 N–H and O–H groups in total. The van der Waals surface area contributed by atoms with Crippen LogP contribution in [0, 0.1) is 13.8 Å². The average molecular weight is 223 g/mol. The Morgan fingerprint density at radius 1 is 1.21 bits per heavy atom. The maximum absolute atomic E-state index is 4.46. The predicted molar refractivity (Wildman–Crippen MR) is 63.3 cm³/mol. The first-order valence-electron chi connectivity index (χ1n) is 4.70. The molecule has 2 rings (SSSR count). The monoisotopic (exact) mass is 223 g/mol. The first-order chi connectivity index (χ1) is 6.74. The number of nitrogens with zero attached hydrogens (tertiary/aromatic N) is 1. The molecule has 0 aliphatic heterocycles. The van der Waals surface area contributed by atoms with Crippen LogP contribution < -0.4 is 0 Å². The van der Waals surface area contributed by atoms with E-state index in [1.165, 1.54) is 14.8 Å². The predicted octanol–water partition coefficient (Wildman–Crippen LogP) is 3.61. The lowest BCUT2D eigenvalue weighted by Gasteiger charge is -1.93. The largest absolute Gasteiger partial charge is 0.247 e. The quantitative estimate of drug-likeness (QED) is 0.774. The number of thiophene rings is 1. The maximum Gasteiger partial charge on any atom is 0.0931 e. The summed E-state index contributed by atoms with van der Waals surface area (Å²) in [4.78, 5) is 7.32. The molecule has 0 atom stereocenters. The Hall–Kier alpha value is -0.670. The average Bonchev–Trinajstić information content (AvgIpc) is 2.72. The summed E-state index contributed by atoms with van der Waals surface area (Å²) in [7, 11) is 0. The molecular formula is C11H13NS2. The third-order valence-electron chi connectivity index (χ3n) is 2.05. The van der Waals surface area contributed by atoms with Crippen LogP contribution in [0.3, 0.4) is 0 Å². The maximum atomic E-state index is 4.46.